The number of nitrogens with zero attached hydrogens (tertiary/aromatic N) is 4. The summed E-state index contributed by atoms with van der Waals surface area (Å²) < 4.78 is 2.14. The quantitative estimate of drug-likeness (QED) is 0.642. The molecule has 6 nitrogen and oxygen atoms in total. The highest BCUT2D eigenvalue weighted by molar-refractivity contribution is 5.95. The van der Waals surface area contributed by atoms with Crippen LogP contribution < -0.4 is 5.32 Å². The zero-order valence-corrected chi connectivity index (χ0v) is 18.0. The number of pyridine rings is 1. The molecule has 0 aliphatic carbocycles. The number of carbonyl (C=O) groups is 1. The van der Waals surface area contributed by atoms with Gasteiger partial charge in [0.2, 0.25) is 0 Å². The summed E-state index contributed by atoms with van der Waals surface area (Å²) in [6, 6.07) is 12.2. The van der Waals surface area contributed by atoms with Crippen LogP contribution in [0.5, 0.6) is 0 Å². The van der Waals surface area contributed by atoms with Gasteiger partial charge < -0.3 is 9.88 Å². The van der Waals surface area contributed by atoms with Crippen LogP contribution in [-0.2, 0) is 6.54 Å². The number of fused-ring (bicyclic) bond motifs is 1. The lowest BCUT2D eigenvalue weighted by atomic mass is 10.0. The molecule has 6 heteroatoms. The van der Waals surface area contributed by atoms with Crippen molar-refractivity contribution in [2.24, 2.45) is 0 Å². The van der Waals surface area contributed by atoms with Gasteiger partial charge in [0.15, 0.2) is 5.65 Å². The van der Waals surface area contributed by atoms with E-state index < -0.39 is 0 Å². The SMILES string of the molecule is CCCn1c(-c2cccc(C(=O)NCCN3CCCC[C@H]3C)c2)nc2cccnc21. The molecule has 3 heterocycles. The number of amides is 1. The fourth-order valence-corrected chi connectivity index (χ4v) is 4.32. The van der Waals surface area contributed by atoms with Gasteiger partial charge in [-0.3, -0.25) is 9.69 Å². The summed E-state index contributed by atoms with van der Waals surface area (Å²) in [4.78, 5) is 24.5. The number of imidazole rings is 1. The van der Waals surface area contributed by atoms with Gasteiger partial charge in [0.1, 0.15) is 11.3 Å². The molecule has 2 aromatic heterocycles. The van der Waals surface area contributed by atoms with Crippen molar-refractivity contribution >= 4 is 17.1 Å². The molecular weight excluding hydrogens is 374 g/mol. The van der Waals surface area contributed by atoms with E-state index in [1.165, 1.54) is 19.3 Å². The molecule has 1 saturated heterocycles. The van der Waals surface area contributed by atoms with Crippen LogP contribution in [0.25, 0.3) is 22.6 Å². The van der Waals surface area contributed by atoms with Crippen molar-refractivity contribution < 1.29 is 4.79 Å². The van der Waals surface area contributed by atoms with E-state index in [2.05, 4.69) is 33.6 Å². The molecule has 1 aliphatic rings. The van der Waals surface area contributed by atoms with Crippen molar-refractivity contribution in [3.05, 3.63) is 48.2 Å². The summed E-state index contributed by atoms with van der Waals surface area (Å²) >= 11 is 0. The van der Waals surface area contributed by atoms with Crippen LogP contribution in [0.4, 0.5) is 0 Å². The fraction of sp³-hybridized carbons (Fsp3) is 0.458. The predicted octanol–water partition coefficient (Wildman–Crippen LogP) is 4.11. The fourth-order valence-electron chi connectivity index (χ4n) is 4.32. The van der Waals surface area contributed by atoms with Crippen molar-refractivity contribution in [1.29, 1.82) is 0 Å². The zero-order valence-electron chi connectivity index (χ0n) is 18.0. The Balaban J connectivity index is 1.49. The first-order valence-electron chi connectivity index (χ1n) is 11.1. The standard InChI is InChI=1S/C24H31N5O/c1-3-14-29-22(27-21-11-7-12-25-23(21)29)19-9-6-10-20(17-19)24(30)26-13-16-28-15-5-4-8-18(28)2/h6-7,9-12,17-18H,3-5,8,13-16H2,1-2H3,(H,26,30)/t18-/m1/s1. The first-order valence-corrected chi connectivity index (χ1v) is 11.1. The van der Waals surface area contributed by atoms with E-state index in [1.54, 1.807) is 6.20 Å². The number of aryl methyl sites for hydroxylation is 1. The summed E-state index contributed by atoms with van der Waals surface area (Å²) in [6.45, 7) is 7.98. The molecule has 30 heavy (non-hydrogen) atoms. The molecule has 4 rings (SSSR count). The summed E-state index contributed by atoms with van der Waals surface area (Å²) in [5.74, 6) is 0.833. The molecule has 3 aromatic rings. The Morgan fingerprint density at radius 3 is 2.93 bits per heavy atom. The predicted molar refractivity (Wildman–Crippen MR) is 120 cm³/mol. The second-order valence-electron chi connectivity index (χ2n) is 8.15. The highest BCUT2D eigenvalue weighted by Gasteiger charge is 2.18. The number of rotatable bonds is 7. The highest BCUT2D eigenvalue weighted by Crippen LogP contribution is 2.25. The largest absolute Gasteiger partial charge is 0.351 e. The van der Waals surface area contributed by atoms with E-state index in [-0.39, 0.29) is 5.91 Å². The van der Waals surface area contributed by atoms with E-state index in [0.717, 1.165) is 48.6 Å². The molecule has 1 fully saturated rings. The van der Waals surface area contributed by atoms with Gasteiger partial charge >= 0.3 is 0 Å². The molecule has 158 valence electrons. The van der Waals surface area contributed by atoms with Crippen molar-refractivity contribution in [3.8, 4) is 11.4 Å². The van der Waals surface area contributed by atoms with E-state index >= 15 is 0 Å². The molecule has 1 amide bonds. The third kappa shape index (κ3) is 4.38. The molecule has 1 atom stereocenters. The maximum absolute atomic E-state index is 12.8. The van der Waals surface area contributed by atoms with Crippen molar-refractivity contribution in [2.45, 2.75) is 52.1 Å². The first-order chi connectivity index (χ1) is 14.7. The second kappa shape index (κ2) is 9.39. The van der Waals surface area contributed by atoms with Crippen LogP contribution in [0.2, 0.25) is 0 Å². The van der Waals surface area contributed by atoms with Gasteiger partial charge in [0, 0.05) is 43.0 Å². The van der Waals surface area contributed by atoms with E-state index in [9.17, 15) is 4.79 Å². The monoisotopic (exact) mass is 405 g/mol. The Kier molecular flexibility index (Phi) is 6.43. The molecule has 1 aromatic carbocycles. The van der Waals surface area contributed by atoms with Gasteiger partial charge in [0.05, 0.1) is 0 Å². The maximum atomic E-state index is 12.8. The summed E-state index contributed by atoms with van der Waals surface area (Å²) in [6.07, 6.45) is 6.61. The maximum Gasteiger partial charge on any atom is 0.251 e. The Hall–Kier alpha value is -2.73. The van der Waals surface area contributed by atoms with Crippen LogP contribution in [0.3, 0.4) is 0 Å². The Morgan fingerprint density at radius 1 is 1.20 bits per heavy atom. The van der Waals surface area contributed by atoms with Gasteiger partial charge in [-0.1, -0.05) is 25.5 Å². The zero-order chi connectivity index (χ0) is 20.9. The number of likely N-dealkylation sites (tertiary alicyclic amines) is 1. The first kappa shape index (κ1) is 20.5. The van der Waals surface area contributed by atoms with E-state index in [0.29, 0.717) is 18.2 Å². The molecule has 0 bridgehead atoms. The third-order valence-electron chi connectivity index (χ3n) is 5.96. The molecule has 1 aliphatic heterocycles. The molecule has 0 saturated carbocycles. The summed E-state index contributed by atoms with van der Waals surface area (Å²) in [5.41, 5.74) is 3.38. The normalized spacial score (nSPS) is 17.3. The minimum absolute atomic E-state index is 0.0298. The van der Waals surface area contributed by atoms with Crippen LogP contribution in [0.1, 0.15) is 49.9 Å². The molecule has 1 N–H and O–H groups in total. The number of aromatic nitrogens is 3. The van der Waals surface area contributed by atoms with Crippen LogP contribution in [0.15, 0.2) is 42.6 Å². The minimum atomic E-state index is -0.0298. The second-order valence-corrected chi connectivity index (χ2v) is 8.15. The molecule has 0 spiro atoms. The van der Waals surface area contributed by atoms with Gasteiger partial charge in [-0.15, -0.1) is 0 Å². The number of nitrogens with one attached hydrogen (secondary N) is 1. The smallest absolute Gasteiger partial charge is 0.251 e. The van der Waals surface area contributed by atoms with Crippen molar-refractivity contribution in [3.63, 3.8) is 0 Å². The van der Waals surface area contributed by atoms with E-state index in [1.807, 2.05) is 36.4 Å². The molecule has 0 radical (unpaired) electrons. The van der Waals surface area contributed by atoms with Gasteiger partial charge in [-0.05, 0) is 57.0 Å². The van der Waals surface area contributed by atoms with Crippen LogP contribution in [-0.4, -0.2) is 51.0 Å². The summed E-state index contributed by atoms with van der Waals surface area (Å²) in [7, 11) is 0. The number of benzene rings is 1. The van der Waals surface area contributed by atoms with Crippen LogP contribution in [0, 0.1) is 0 Å². The Morgan fingerprint density at radius 2 is 2.10 bits per heavy atom. The van der Waals surface area contributed by atoms with Gasteiger partial charge in [-0.2, -0.15) is 0 Å². The Labute approximate surface area is 178 Å². The Bertz CT molecular complexity index is 1010. The van der Waals surface area contributed by atoms with Gasteiger partial charge in [-0.25, -0.2) is 9.97 Å². The topological polar surface area (TPSA) is 63.1 Å². The highest BCUT2D eigenvalue weighted by atomic mass is 16.1. The van der Waals surface area contributed by atoms with Gasteiger partial charge in [0.25, 0.3) is 5.91 Å². The van der Waals surface area contributed by atoms with E-state index in [4.69, 9.17) is 4.98 Å². The van der Waals surface area contributed by atoms with Crippen molar-refractivity contribution in [2.75, 3.05) is 19.6 Å². The molecule has 0 unspecified atom stereocenters. The number of hydrogen-bond donors (Lipinski definition) is 1. The summed E-state index contributed by atoms with van der Waals surface area (Å²) in [5, 5.41) is 3.09. The third-order valence-corrected chi connectivity index (χ3v) is 5.96. The number of carbonyl (C=O) groups excluding carboxylic acids is 1. The average Bonchev–Trinajstić information content (AvgIpc) is 3.14. The number of piperidine rings is 1. The lowest BCUT2D eigenvalue weighted by Crippen LogP contribution is -2.42. The van der Waals surface area contributed by atoms with Crippen LogP contribution >= 0.6 is 0 Å². The average molecular weight is 406 g/mol. The molecular formula is C24H31N5O. The lowest BCUT2D eigenvalue weighted by molar-refractivity contribution is 0.0938. The van der Waals surface area contributed by atoms with Crippen molar-refractivity contribution in [1.82, 2.24) is 24.8 Å². The lowest BCUT2D eigenvalue weighted by Gasteiger charge is -2.33. The number of hydrogen-bond acceptors (Lipinski definition) is 4. The minimum Gasteiger partial charge on any atom is -0.351 e.